The van der Waals surface area contributed by atoms with Gasteiger partial charge in [0, 0.05) is 6.54 Å². The summed E-state index contributed by atoms with van der Waals surface area (Å²) in [4.78, 5) is 18.0. The molecule has 0 aliphatic heterocycles. The Labute approximate surface area is 73.2 Å². The van der Waals surface area contributed by atoms with Crippen LogP contribution in [0.15, 0.2) is 4.79 Å². The van der Waals surface area contributed by atoms with Gasteiger partial charge in [-0.2, -0.15) is 5.10 Å². The minimum absolute atomic E-state index is 0.238. The van der Waals surface area contributed by atoms with Crippen LogP contribution < -0.4 is 11.3 Å². The monoisotopic (exact) mass is 179 g/mol. The number of hydrogen-bond donors (Lipinski definition) is 3. The van der Waals surface area contributed by atoms with Crippen LogP contribution in [0.2, 0.25) is 0 Å². The van der Waals surface area contributed by atoms with E-state index in [0.717, 1.165) is 0 Å². The molecule has 0 saturated carbocycles. The van der Waals surface area contributed by atoms with Crippen LogP contribution in [0, 0.1) is 6.92 Å². The van der Waals surface area contributed by atoms with E-state index in [4.69, 9.17) is 5.73 Å². The van der Waals surface area contributed by atoms with Gasteiger partial charge in [-0.25, -0.2) is 4.98 Å². The molecule has 2 aromatic heterocycles. The maximum Gasteiger partial charge on any atom is 0.279 e. The molecular weight excluding hydrogens is 170 g/mol. The van der Waals surface area contributed by atoms with E-state index < -0.39 is 0 Å². The molecule has 0 bridgehead atoms. The van der Waals surface area contributed by atoms with Crippen LogP contribution in [0.5, 0.6) is 0 Å². The highest BCUT2D eigenvalue weighted by molar-refractivity contribution is 5.75. The topological polar surface area (TPSA) is 100 Å². The van der Waals surface area contributed by atoms with E-state index >= 15 is 0 Å². The van der Waals surface area contributed by atoms with E-state index in [9.17, 15) is 4.79 Å². The molecular formula is C7H9N5O. The Bertz CT molecular complexity index is 497. The Morgan fingerprint density at radius 2 is 2.23 bits per heavy atom. The average Bonchev–Trinajstić information content (AvgIpc) is 2.47. The first kappa shape index (κ1) is 7.93. The van der Waals surface area contributed by atoms with Crippen molar-refractivity contribution in [1.29, 1.82) is 0 Å². The lowest BCUT2D eigenvalue weighted by molar-refractivity contribution is 0.955. The summed E-state index contributed by atoms with van der Waals surface area (Å²) in [6.45, 7) is 2.01. The van der Waals surface area contributed by atoms with Gasteiger partial charge in [-0.15, -0.1) is 0 Å². The second kappa shape index (κ2) is 2.67. The molecule has 0 radical (unpaired) electrons. The van der Waals surface area contributed by atoms with Gasteiger partial charge >= 0.3 is 0 Å². The second-order valence-electron chi connectivity index (χ2n) is 2.75. The number of rotatable bonds is 1. The Kier molecular flexibility index (Phi) is 1.63. The third-order valence-electron chi connectivity index (χ3n) is 1.81. The molecule has 68 valence electrons. The minimum atomic E-state index is -0.238. The van der Waals surface area contributed by atoms with E-state index in [1.165, 1.54) is 0 Å². The Morgan fingerprint density at radius 1 is 1.46 bits per heavy atom. The summed E-state index contributed by atoms with van der Waals surface area (Å²) in [7, 11) is 0. The lowest BCUT2D eigenvalue weighted by Crippen LogP contribution is -2.09. The van der Waals surface area contributed by atoms with Crippen LogP contribution in [0.1, 0.15) is 11.5 Å². The predicted molar refractivity (Wildman–Crippen MR) is 47.1 cm³/mol. The van der Waals surface area contributed by atoms with Gasteiger partial charge in [0.1, 0.15) is 11.3 Å². The number of aromatic amines is 2. The summed E-state index contributed by atoms with van der Waals surface area (Å²) >= 11 is 0. The second-order valence-corrected chi connectivity index (χ2v) is 2.75. The molecule has 2 rings (SSSR count). The summed E-state index contributed by atoms with van der Waals surface area (Å²) < 4.78 is 0. The van der Waals surface area contributed by atoms with Crippen molar-refractivity contribution in [2.75, 3.05) is 0 Å². The molecule has 0 aromatic carbocycles. The number of fused-ring (bicyclic) bond motifs is 1. The Morgan fingerprint density at radius 3 is 2.92 bits per heavy atom. The fourth-order valence-electron chi connectivity index (χ4n) is 1.21. The summed E-state index contributed by atoms with van der Waals surface area (Å²) in [5, 5.41) is 6.49. The van der Waals surface area contributed by atoms with E-state index in [0.29, 0.717) is 29.1 Å². The van der Waals surface area contributed by atoms with Gasteiger partial charge < -0.3 is 10.7 Å². The molecule has 2 heterocycles. The number of nitrogens with two attached hydrogens (primary N) is 1. The van der Waals surface area contributed by atoms with Gasteiger partial charge in [-0.05, 0) is 6.92 Å². The molecule has 0 spiro atoms. The number of nitrogens with zero attached hydrogens (tertiary/aromatic N) is 2. The fourth-order valence-corrected chi connectivity index (χ4v) is 1.21. The standard InChI is InChI=1S/C7H9N5O/c1-3-9-5-4(2-8)11-12-6(5)7(13)10-3/h2,8H2,1H3,(H,11,12)(H,9,10,13). The van der Waals surface area contributed by atoms with Crippen molar-refractivity contribution in [2.45, 2.75) is 13.5 Å². The number of aromatic nitrogens is 4. The largest absolute Gasteiger partial charge is 0.325 e. The summed E-state index contributed by atoms with van der Waals surface area (Å²) in [5.74, 6) is 0.564. The van der Waals surface area contributed by atoms with E-state index in [1.807, 2.05) is 0 Å². The first-order valence-electron chi connectivity index (χ1n) is 3.86. The summed E-state index contributed by atoms with van der Waals surface area (Å²) in [6.07, 6.45) is 0. The molecule has 6 heteroatoms. The van der Waals surface area contributed by atoms with Crippen molar-refractivity contribution < 1.29 is 0 Å². The van der Waals surface area contributed by atoms with E-state index in [1.54, 1.807) is 6.92 Å². The van der Waals surface area contributed by atoms with Gasteiger partial charge in [-0.3, -0.25) is 9.89 Å². The van der Waals surface area contributed by atoms with Crippen molar-refractivity contribution in [3.63, 3.8) is 0 Å². The SMILES string of the molecule is Cc1nc2c(CN)[nH]nc2c(=O)[nH]1. The average molecular weight is 179 g/mol. The maximum absolute atomic E-state index is 11.3. The van der Waals surface area contributed by atoms with Gasteiger partial charge in [0.2, 0.25) is 0 Å². The Balaban J connectivity index is 2.90. The van der Waals surface area contributed by atoms with Gasteiger partial charge in [0.15, 0.2) is 5.52 Å². The molecule has 0 aliphatic carbocycles. The maximum atomic E-state index is 11.3. The zero-order valence-electron chi connectivity index (χ0n) is 7.09. The first-order valence-corrected chi connectivity index (χ1v) is 3.86. The van der Waals surface area contributed by atoms with Gasteiger partial charge in [-0.1, -0.05) is 0 Å². The van der Waals surface area contributed by atoms with E-state index in [2.05, 4.69) is 20.2 Å². The third kappa shape index (κ3) is 1.11. The molecule has 2 aromatic rings. The van der Waals surface area contributed by atoms with Crippen molar-refractivity contribution in [2.24, 2.45) is 5.73 Å². The quantitative estimate of drug-likeness (QED) is 0.544. The lowest BCUT2D eigenvalue weighted by atomic mass is 10.3. The van der Waals surface area contributed by atoms with Crippen LogP contribution in [-0.2, 0) is 6.54 Å². The van der Waals surface area contributed by atoms with Gasteiger partial charge in [0.05, 0.1) is 5.69 Å². The molecule has 6 nitrogen and oxygen atoms in total. The highest BCUT2D eigenvalue weighted by Crippen LogP contribution is 2.07. The third-order valence-corrected chi connectivity index (χ3v) is 1.81. The van der Waals surface area contributed by atoms with Crippen LogP contribution in [0.4, 0.5) is 0 Å². The van der Waals surface area contributed by atoms with Crippen LogP contribution >= 0.6 is 0 Å². The molecule has 13 heavy (non-hydrogen) atoms. The van der Waals surface area contributed by atoms with Crippen molar-refractivity contribution >= 4 is 11.0 Å². The predicted octanol–water partition coefficient (Wildman–Crippen LogP) is -0.587. The van der Waals surface area contributed by atoms with Gasteiger partial charge in [0.25, 0.3) is 5.56 Å². The molecule has 0 aliphatic rings. The minimum Gasteiger partial charge on any atom is -0.325 e. The fraction of sp³-hybridized carbons (Fsp3) is 0.286. The molecule has 0 unspecified atom stereocenters. The van der Waals surface area contributed by atoms with Crippen molar-refractivity contribution in [3.05, 3.63) is 21.9 Å². The number of hydrogen-bond acceptors (Lipinski definition) is 4. The lowest BCUT2D eigenvalue weighted by Gasteiger charge is -1.93. The smallest absolute Gasteiger partial charge is 0.279 e. The van der Waals surface area contributed by atoms with Crippen LogP contribution in [0.3, 0.4) is 0 Å². The number of nitrogens with one attached hydrogen (secondary N) is 2. The number of H-pyrrole nitrogens is 2. The highest BCUT2D eigenvalue weighted by Gasteiger charge is 2.08. The highest BCUT2D eigenvalue weighted by atomic mass is 16.1. The molecule has 0 atom stereocenters. The molecule has 0 saturated heterocycles. The summed E-state index contributed by atoms with van der Waals surface area (Å²) in [6, 6.07) is 0. The summed E-state index contributed by atoms with van der Waals surface area (Å²) in [5.41, 5.74) is 6.75. The zero-order chi connectivity index (χ0) is 9.42. The van der Waals surface area contributed by atoms with Crippen LogP contribution in [-0.4, -0.2) is 20.2 Å². The molecule has 4 N–H and O–H groups in total. The molecule has 0 amide bonds. The van der Waals surface area contributed by atoms with E-state index in [-0.39, 0.29) is 5.56 Å². The molecule has 0 fully saturated rings. The van der Waals surface area contributed by atoms with Crippen molar-refractivity contribution in [3.8, 4) is 0 Å². The normalized spacial score (nSPS) is 10.9. The number of aryl methyl sites for hydroxylation is 1. The van der Waals surface area contributed by atoms with Crippen LogP contribution in [0.25, 0.3) is 11.0 Å². The first-order chi connectivity index (χ1) is 6.22. The Hall–Kier alpha value is -1.69. The van der Waals surface area contributed by atoms with Crippen molar-refractivity contribution in [1.82, 2.24) is 20.2 Å². The zero-order valence-corrected chi connectivity index (χ0v) is 7.09.